The summed E-state index contributed by atoms with van der Waals surface area (Å²) in [6.45, 7) is 0. The van der Waals surface area contributed by atoms with E-state index in [2.05, 4.69) is 209 Å². The molecule has 0 radical (unpaired) electrons. The molecule has 3 heterocycles. The number of rotatable bonds is 5. The molecule has 0 bridgehead atoms. The highest BCUT2D eigenvalue weighted by atomic mass is 16.3. The standard InChI is InChI=1S/C54H34N2O/c1-3-14-35(15-4-1)36-16-13-17-37(30-36)40-33-51(54-45-22-9-12-25-52(45)57-53(54)34-40)56-48-24-11-8-21-43(48)46-31-38(27-29-49(46)56)39-26-28-44-42-20-7-10-23-47(42)55(50(44)32-39)41-18-5-2-6-19-41/h1-34H. The first-order valence-corrected chi connectivity index (χ1v) is 19.5. The topological polar surface area (TPSA) is 23.0 Å². The molecule has 0 unspecified atom stereocenters. The molecule has 3 aromatic heterocycles. The van der Waals surface area contributed by atoms with Gasteiger partial charge in [0.25, 0.3) is 0 Å². The van der Waals surface area contributed by atoms with E-state index in [9.17, 15) is 0 Å². The Morgan fingerprint density at radius 2 is 0.842 bits per heavy atom. The monoisotopic (exact) mass is 726 g/mol. The van der Waals surface area contributed by atoms with Crippen molar-refractivity contribution in [1.82, 2.24) is 9.13 Å². The quantitative estimate of drug-likeness (QED) is 0.173. The Hall–Kier alpha value is -7.62. The molecular formula is C54H34N2O. The zero-order valence-electron chi connectivity index (χ0n) is 30.9. The van der Waals surface area contributed by atoms with Crippen molar-refractivity contribution in [3.05, 3.63) is 206 Å². The summed E-state index contributed by atoms with van der Waals surface area (Å²) in [4.78, 5) is 0. The van der Waals surface area contributed by atoms with Gasteiger partial charge < -0.3 is 13.6 Å². The lowest BCUT2D eigenvalue weighted by Crippen LogP contribution is -1.96. The summed E-state index contributed by atoms with van der Waals surface area (Å²) in [5, 5.41) is 7.15. The number of furan rings is 1. The molecule has 0 saturated carbocycles. The molecular weight excluding hydrogens is 693 g/mol. The maximum atomic E-state index is 6.65. The van der Waals surface area contributed by atoms with E-state index in [-0.39, 0.29) is 0 Å². The molecule has 0 spiro atoms. The van der Waals surface area contributed by atoms with Crippen LogP contribution in [0.4, 0.5) is 0 Å². The molecule has 0 fully saturated rings. The van der Waals surface area contributed by atoms with Crippen LogP contribution in [-0.4, -0.2) is 9.13 Å². The van der Waals surface area contributed by atoms with Gasteiger partial charge in [-0.15, -0.1) is 0 Å². The summed E-state index contributed by atoms with van der Waals surface area (Å²) in [5.41, 5.74) is 15.7. The van der Waals surface area contributed by atoms with Crippen LogP contribution < -0.4 is 0 Å². The normalized spacial score (nSPS) is 11.9. The molecule has 266 valence electrons. The highest BCUT2D eigenvalue weighted by Crippen LogP contribution is 2.43. The highest BCUT2D eigenvalue weighted by molar-refractivity contribution is 6.16. The second kappa shape index (κ2) is 12.5. The van der Waals surface area contributed by atoms with E-state index in [1.54, 1.807) is 0 Å². The molecule has 12 aromatic rings. The first kappa shape index (κ1) is 31.7. The number of hydrogen-bond acceptors (Lipinski definition) is 1. The zero-order valence-corrected chi connectivity index (χ0v) is 30.9. The van der Waals surface area contributed by atoms with Crippen LogP contribution in [0, 0.1) is 0 Å². The van der Waals surface area contributed by atoms with Gasteiger partial charge in [-0.1, -0.05) is 140 Å². The predicted octanol–water partition coefficient (Wildman–Crippen LogP) is 14.8. The summed E-state index contributed by atoms with van der Waals surface area (Å²) in [7, 11) is 0. The second-order valence-corrected chi connectivity index (χ2v) is 14.9. The van der Waals surface area contributed by atoms with Gasteiger partial charge >= 0.3 is 0 Å². The lowest BCUT2D eigenvalue weighted by molar-refractivity contribution is 0.669. The molecule has 0 aliphatic heterocycles. The van der Waals surface area contributed by atoms with E-state index in [4.69, 9.17) is 4.42 Å². The molecule has 57 heavy (non-hydrogen) atoms. The molecule has 12 rings (SSSR count). The van der Waals surface area contributed by atoms with Crippen molar-refractivity contribution in [2.45, 2.75) is 0 Å². The van der Waals surface area contributed by atoms with Crippen molar-refractivity contribution in [2.24, 2.45) is 0 Å². The summed E-state index contributed by atoms with van der Waals surface area (Å²) < 4.78 is 11.5. The van der Waals surface area contributed by atoms with Crippen molar-refractivity contribution in [2.75, 3.05) is 0 Å². The van der Waals surface area contributed by atoms with Crippen LogP contribution in [0.15, 0.2) is 211 Å². The number of fused-ring (bicyclic) bond motifs is 9. The molecule has 0 atom stereocenters. The van der Waals surface area contributed by atoms with Gasteiger partial charge in [-0.3, -0.25) is 0 Å². The minimum Gasteiger partial charge on any atom is -0.456 e. The third-order valence-electron chi connectivity index (χ3n) is 11.7. The molecule has 0 N–H and O–H groups in total. The molecule has 3 nitrogen and oxygen atoms in total. The van der Waals surface area contributed by atoms with E-state index in [0.29, 0.717) is 0 Å². The summed E-state index contributed by atoms with van der Waals surface area (Å²) >= 11 is 0. The number of para-hydroxylation sites is 4. The van der Waals surface area contributed by atoms with Gasteiger partial charge in [0.05, 0.1) is 33.1 Å². The zero-order chi connectivity index (χ0) is 37.5. The van der Waals surface area contributed by atoms with Crippen molar-refractivity contribution < 1.29 is 4.42 Å². The van der Waals surface area contributed by atoms with Gasteiger partial charge in [-0.25, -0.2) is 0 Å². The molecule has 0 amide bonds. The van der Waals surface area contributed by atoms with E-state index >= 15 is 0 Å². The van der Waals surface area contributed by atoms with Gasteiger partial charge in [0.2, 0.25) is 0 Å². The van der Waals surface area contributed by atoms with Crippen molar-refractivity contribution in [3.8, 4) is 44.8 Å². The van der Waals surface area contributed by atoms with Gasteiger partial charge in [0.1, 0.15) is 11.2 Å². The highest BCUT2D eigenvalue weighted by Gasteiger charge is 2.21. The predicted molar refractivity (Wildman–Crippen MR) is 239 cm³/mol. The van der Waals surface area contributed by atoms with E-state index < -0.39 is 0 Å². The Bertz CT molecular complexity index is 3510. The maximum absolute atomic E-state index is 6.65. The number of aromatic nitrogens is 2. The van der Waals surface area contributed by atoms with Crippen LogP contribution >= 0.6 is 0 Å². The van der Waals surface area contributed by atoms with Gasteiger partial charge in [0, 0.05) is 32.6 Å². The lowest BCUT2D eigenvalue weighted by Gasteiger charge is -2.13. The van der Waals surface area contributed by atoms with Crippen LogP contribution in [0.3, 0.4) is 0 Å². The van der Waals surface area contributed by atoms with E-state index in [1.807, 2.05) is 6.07 Å². The summed E-state index contributed by atoms with van der Waals surface area (Å²) in [6.07, 6.45) is 0. The third-order valence-corrected chi connectivity index (χ3v) is 11.7. The van der Waals surface area contributed by atoms with Crippen molar-refractivity contribution in [1.29, 1.82) is 0 Å². The number of hydrogen-bond donors (Lipinski definition) is 0. The molecule has 0 saturated heterocycles. The van der Waals surface area contributed by atoms with Crippen LogP contribution in [-0.2, 0) is 0 Å². The number of nitrogens with zero attached hydrogens (tertiary/aromatic N) is 2. The Morgan fingerprint density at radius 3 is 1.65 bits per heavy atom. The third kappa shape index (κ3) is 4.92. The minimum atomic E-state index is 0.874. The largest absolute Gasteiger partial charge is 0.456 e. The Labute approximate surface area is 328 Å². The van der Waals surface area contributed by atoms with Crippen molar-refractivity contribution in [3.63, 3.8) is 0 Å². The molecule has 0 aliphatic carbocycles. The Balaban J connectivity index is 1.09. The van der Waals surface area contributed by atoms with Crippen LogP contribution in [0.2, 0.25) is 0 Å². The molecule has 9 aromatic carbocycles. The first-order valence-electron chi connectivity index (χ1n) is 19.5. The summed E-state index contributed by atoms with van der Waals surface area (Å²) in [6, 6.07) is 74.4. The second-order valence-electron chi connectivity index (χ2n) is 14.9. The average Bonchev–Trinajstić information content (AvgIpc) is 3.94. The number of benzene rings is 9. The minimum absolute atomic E-state index is 0.874. The fourth-order valence-electron chi connectivity index (χ4n) is 9.10. The fraction of sp³-hybridized carbons (Fsp3) is 0. The van der Waals surface area contributed by atoms with E-state index in [1.165, 1.54) is 54.8 Å². The Morgan fingerprint density at radius 1 is 0.281 bits per heavy atom. The van der Waals surface area contributed by atoms with Gasteiger partial charge in [-0.2, -0.15) is 0 Å². The first-order chi connectivity index (χ1) is 28.3. The molecule has 0 aliphatic rings. The van der Waals surface area contributed by atoms with Crippen LogP contribution in [0.5, 0.6) is 0 Å². The summed E-state index contributed by atoms with van der Waals surface area (Å²) in [5.74, 6) is 0. The smallest absolute Gasteiger partial charge is 0.138 e. The fourth-order valence-corrected chi connectivity index (χ4v) is 9.10. The maximum Gasteiger partial charge on any atom is 0.138 e. The SMILES string of the molecule is c1ccc(-c2cccc(-c3cc(-n4c5ccccc5c5cc(-c6ccc7c8ccccc8n(-c8ccccc8)c7c6)ccc54)c4c(c3)oc3ccccc34)c2)cc1. The van der Waals surface area contributed by atoms with E-state index in [0.717, 1.165) is 55.5 Å². The Kier molecular flexibility index (Phi) is 6.93. The van der Waals surface area contributed by atoms with Crippen molar-refractivity contribution >= 4 is 65.6 Å². The molecule has 3 heteroatoms. The van der Waals surface area contributed by atoms with Gasteiger partial charge in [0.15, 0.2) is 0 Å². The van der Waals surface area contributed by atoms with Crippen LogP contribution in [0.25, 0.3) is 110 Å². The van der Waals surface area contributed by atoms with Gasteiger partial charge in [-0.05, 0) is 100 Å². The average molecular weight is 727 g/mol. The lowest BCUT2D eigenvalue weighted by atomic mass is 9.97. The van der Waals surface area contributed by atoms with Crippen LogP contribution in [0.1, 0.15) is 0 Å².